The van der Waals surface area contributed by atoms with Crippen LogP contribution in [0.2, 0.25) is 5.02 Å². The van der Waals surface area contributed by atoms with E-state index in [1.165, 1.54) is 0 Å². The van der Waals surface area contributed by atoms with E-state index >= 15 is 0 Å². The van der Waals surface area contributed by atoms with Gasteiger partial charge < -0.3 is 10.8 Å². The van der Waals surface area contributed by atoms with Crippen molar-refractivity contribution in [2.75, 3.05) is 0 Å². The zero-order valence-electron chi connectivity index (χ0n) is 12.8. The molecule has 0 unspecified atom stereocenters. The van der Waals surface area contributed by atoms with Crippen molar-refractivity contribution in [1.29, 1.82) is 0 Å². The summed E-state index contributed by atoms with van der Waals surface area (Å²) in [5, 5.41) is 10.7. The maximum Gasteiger partial charge on any atom is 0.249 e. The first-order chi connectivity index (χ1) is 10.2. The average Bonchev–Trinajstić information content (AvgIpc) is 2.79. The predicted molar refractivity (Wildman–Crippen MR) is 88.2 cm³/mol. The SMILES string of the molecule is Cc1c(Cl)cc(C(N)=O)c2c1-c1ccc(C(C)(C)O)cc1C2. The molecule has 2 aromatic carbocycles. The zero-order valence-corrected chi connectivity index (χ0v) is 13.6. The first kappa shape index (κ1) is 15.1. The highest BCUT2D eigenvalue weighted by Crippen LogP contribution is 2.44. The average molecular weight is 316 g/mol. The van der Waals surface area contributed by atoms with Crippen LogP contribution in [0.25, 0.3) is 11.1 Å². The molecule has 3 rings (SSSR count). The van der Waals surface area contributed by atoms with E-state index < -0.39 is 11.5 Å². The molecule has 0 atom stereocenters. The lowest BCUT2D eigenvalue weighted by Crippen LogP contribution is -2.15. The third-order valence-electron chi connectivity index (χ3n) is 4.34. The van der Waals surface area contributed by atoms with Gasteiger partial charge >= 0.3 is 0 Å². The zero-order chi connectivity index (χ0) is 16.2. The van der Waals surface area contributed by atoms with Crippen molar-refractivity contribution in [1.82, 2.24) is 0 Å². The third kappa shape index (κ3) is 2.21. The van der Waals surface area contributed by atoms with Gasteiger partial charge in [0, 0.05) is 10.6 Å². The summed E-state index contributed by atoms with van der Waals surface area (Å²) in [6, 6.07) is 7.55. The Morgan fingerprint density at radius 2 is 2.00 bits per heavy atom. The minimum absolute atomic E-state index is 0.464. The van der Waals surface area contributed by atoms with E-state index in [4.69, 9.17) is 17.3 Å². The number of nitrogens with two attached hydrogens (primary N) is 1. The molecule has 114 valence electrons. The Hall–Kier alpha value is -1.84. The topological polar surface area (TPSA) is 63.3 Å². The van der Waals surface area contributed by atoms with Gasteiger partial charge in [0.05, 0.1) is 5.60 Å². The quantitative estimate of drug-likeness (QED) is 0.759. The first-order valence-corrected chi connectivity index (χ1v) is 7.56. The number of carbonyl (C=O) groups is 1. The minimum Gasteiger partial charge on any atom is -0.386 e. The van der Waals surface area contributed by atoms with Crippen LogP contribution in [0.1, 0.15) is 46.5 Å². The molecule has 0 aromatic heterocycles. The highest BCUT2D eigenvalue weighted by molar-refractivity contribution is 6.32. The number of carbonyl (C=O) groups excluding carboxylic acids is 1. The van der Waals surface area contributed by atoms with Crippen LogP contribution in [0.4, 0.5) is 0 Å². The summed E-state index contributed by atoms with van der Waals surface area (Å²) in [6.45, 7) is 5.46. The molecule has 0 saturated carbocycles. The Morgan fingerprint density at radius 3 is 2.59 bits per heavy atom. The van der Waals surface area contributed by atoms with Crippen LogP contribution >= 0.6 is 11.6 Å². The Morgan fingerprint density at radius 1 is 1.32 bits per heavy atom. The second kappa shape index (κ2) is 4.83. The molecule has 0 spiro atoms. The first-order valence-electron chi connectivity index (χ1n) is 7.18. The molecule has 0 bridgehead atoms. The number of halogens is 1. The normalized spacial score (nSPS) is 13.0. The van der Waals surface area contributed by atoms with Crippen LogP contribution in [0.3, 0.4) is 0 Å². The summed E-state index contributed by atoms with van der Waals surface area (Å²) in [5.41, 5.74) is 11.0. The van der Waals surface area contributed by atoms with Crippen LogP contribution in [-0.2, 0) is 12.0 Å². The summed E-state index contributed by atoms with van der Waals surface area (Å²) >= 11 is 6.26. The summed E-state index contributed by atoms with van der Waals surface area (Å²) in [5.74, 6) is -0.464. The number of rotatable bonds is 2. The van der Waals surface area contributed by atoms with Gasteiger partial charge in [0.2, 0.25) is 5.91 Å². The summed E-state index contributed by atoms with van der Waals surface area (Å²) in [4.78, 5) is 11.7. The van der Waals surface area contributed by atoms with Gasteiger partial charge in [0.1, 0.15) is 0 Å². The maximum absolute atomic E-state index is 11.7. The smallest absolute Gasteiger partial charge is 0.249 e. The van der Waals surface area contributed by atoms with E-state index in [2.05, 4.69) is 0 Å². The highest BCUT2D eigenvalue weighted by Gasteiger charge is 2.28. The lowest BCUT2D eigenvalue weighted by atomic mass is 9.93. The number of fused-ring (bicyclic) bond motifs is 3. The molecule has 1 aliphatic rings. The fourth-order valence-corrected chi connectivity index (χ4v) is 3.33. The molecular formula is C18H18ClNO2. The van der Waals surface area contributed by atoms with E-state index in [0.29, 0.717) is 17.0 Å². The van der Waals surface area contributed by atoms with E-state index in [-0.39, 0.29) is 0 Å². The van der Waals surface area contributed by atoms with Crippen molar-refractivity contribution in [2.45, 2.75) is 32.8 Å². The van der Waals surface area contributed by atoms with Crippen LogP contribution < -0.4 is 5.73 Å². The van der Waals surface area contributed by atoms with Gasteiger partial charge in [0.25, 0.3) is 0 Å². The van der Waals surface area contributed by atoms with Crippen LogP contribution in [0.5, 0.6) is 0 Å². The van der Waals surface area contributed by atoms with Crippen molar-refractivity contribution in [3.8, 4) is 11.1 Å². The molecule has 0 saturated heterocycles. The Kier molecular flexibility index (Phi) is 3.31. The second-order valence-electron chi connectivity index (χ2n) is 6.36. The largest absolute Gasteiger partial charge is 0.386 e. The lowest BCUT2D eigenvalue weighted by Gasteiger charge is -2.19. The summed E-state index contributed by atoms with van der Waals surface area (Å²) in [7, 11) is 0. The molecular weight excluding hydrogens is 298 g/mol. The van der Waals surface area contributed by atoms with Crippen LogP contribution in [-0.4, -0.2) is 11.0 Å². The lowest BCUT2D eigenvalue weighted by molar-refractivity contribution is 0.0785. The maximum atomic E-state index is 11.7. The Balaban J connectivity index is 2.25. The number of hydrogen-bond donors (Lipinski definition) is 2. The van der Waals surface area contributed by atoms with Gasteiger partial charge in [-0.2, -0.15) is 0 Å². The molecule has 3 N–H and O–H groups in total. The van der Waals surface area contributed by atoms with Gasteiger partial charge in [-0.25, -0.2) is 0 Å². The molecule has 0 heterocycles. The van der Waals surface area contributed by atoms with Crippen LogP contribution in [0.15, 0.2) is 24.3 Å². The fourth-order valence-electron chi connectivity index (χ4n) is 3.13. The molecule has 0 fully saturated rings. The van der Waals surface area contributed by atoms with Crippen molar-refractivity contribution in [3.63, 3.8) is 0 Å². The molecule has 0 aliphatic heterocycles. The standard InChI is InChI=1S/C18H18ClNO2/c1-9-15(19)8-14(17(20)21)13-7-10-6-11(18(2,3)22)4-5-12(10)16(9)13/h4-6,8,22H,7H2,1-3H3,(H2,20,21). The number of aliphatic hydroxyl groups is 1. The van der Waals surface area contributed by atoms with E-state index in [9.17, 15) is 9.90 Å². The van der Waals surface area contributed by atoms with E-state index in [1.54, 1.807) is 19.9 Å². The third-order valence-corrected chi connectivity index (χ3v) is 4.74. The van der Waals surface area contributed by atoms with Crippen molar-refractivity contribution in [3.05, 3.63) is 57.1 Å². The van der Waals surface area contributed by atoms with Crippen molar-refractivity contribution >= 4 is 17.5 Å². The highest BCUT2D eigenvalue weighted by atomic mass is 35.5. The number of benzene rings is 2. The number of hydrogen-bond acceptors (Lipinski definition) is 2. The van der Waals surface area contributed by atoms with Crippen LogP contribution in [0, 0.1) is 6.92 Å². The van der Waals surface area contributed by atoms with Crippen molar-refractivity contribution < 1.29 is 9.90 Å². The molecule has 3 nitrogen and oxygen atoms in total. The van der Waals surface area contributed by atoms with Gasteiger partial charge in [-0.3, -0.25) is 4.79 Å². The molecule has 1 aliphatic carbocycles. The van der Waals surface area contributed by atoms with Crippen molar-refractivity contribution in [2.24, 2.45) is 5.73 Å². The Bertz CT molecular complexity index is 804. The Labute approximate surface area is 134 Å². The van der Waals surface area contributed by atoms with E-state index in [1.807, 2.05) is 25.1 Å². The van der Waals surface area contributed by atoms with Gasteiger partial charge in [-0.15, -0.1) is 0 Å². The number of amides is 1. The molecule has 1 amide bonds. The van der Waals surface area contributed by atoms with Gasteiger partial charge in [-0.05, 0) is 66.6 Å². The monoisotopic (exact) mass is 315 g/mol. The molecule has 0 radical (unpaired) electrons. The fraction of sp³-hybridized carbons (Fsp3) is 0.278. The molecule has 2 aromatic rings. The second-order valence-corrected chi connectivity index (χ2v) is 6.76. The predicted octanol–water partition coefficient (Wildman–Crippen LogP) is 3.55. The molecule has 4 heteroatoms. The van der Waals surface area contributed by atoms with E-state index in [0.717, 1.165) is 33.4 Å². The van der Waals surface area contributed by atoms with Gasteiger partial charge in [-0.1, -0.05) is 29.8 Å². The minimum atomic E-state index is -0.900. The summed E-state index contributed by atoms with van der Waals surface area (Å²) in [6.07, 6.45) is 0.630. The summed E-state index contributed by atoms with van der Waals surface area (Å²) < 4.78 is 0. The van der Waals surface area contributed by atoms with Gasteiger partial charge in [0.15, 0.2) is 0 Å². The number of primary amides is 1. The molecule has 22 heavy (non-hydrogen) atoms.